The molecule has 3 amide bonds. The van der Waals surface area contributed by atoms with Crippen LogP contribution < -0.4 is 16.0 Å². The van der Waals surface area contributed by atoms with E-state index in [-0.39, 0.29) is 16.9 Å². The van der Waals surface area contributed by atoms with Crippen molar-refractivity contribution >= 4 is 46.9 Å². The number of anilines is 2. The van der Waals surface area contributed by atoms with Gasteiger partial charge in [-0.15, -0.1) is 11.8 Å². The molecule has 208 valence electrons. The lowest BCUT2D eigenvalue weighted by molar-refractivity contribution is -0.116. The van der Waals surface area contributed by atoms with Crippen molar-refractivity contribution in [3.05, 3.63) is 125 Å². The molecule has 3 aromatic carbocycles. The number of nitrogens with zero attached hydrogens (tertiary/aromatic N) is 1. The summed E-state index contributed by atoms with van der Waals surface area (Å²) in [4.78, 5) is 44.2. The van der Waals surface area contributed by atoms with Gasteiger partial charge in [-0.25, -0.2) is 0 Å². The minimum Gasteiger partial charge on any atom is -0.325 e. The van der Waals surface area contributed by atoms with Gasteiger partial charge >= 0.3 is 0 Å². The van der Waals surface area contributed by atoms with Crippen molar-refractivity contribution in [3.63, 3.8) is 0 Å². The molecule has 1 aromatic heterocycles. The number of aromatic nitrogens is 1. The first-order valence-electron chi connectivity index (χ1n) is 13.3. The van der Waals surface area contributed by atoms with Gasteiger partial charge in [-0.3, -0.25) is 19.4 Å². The average molecular weight is 565 g/mol. The highest BCUT2D eigenvalue weighted by Gasteiger charge is 2.19. The molecule has 0 saturated carbocycles. The number of thioether (sulfide) groups is 1. The summed E-state index contributed by atoms with van der Waals surface area (Å²) in [6.07, 6.45) is 5.44. The first kappa shape index (κ1) is 29.3. The third-order valence-corrected chi connectivity index (χ3v) is 7.69. The third-order valence-electron chi connectivity index (χ3n) is 6.33. The van der Waals surface area contributed by atoms with Crippen molar-refractivity contribution in [2.45, 2.75) is 37.3 Å². The van der Waals surface area contributed by atoms with Crippen LogP contribution >= 0.6 is 11.8 Å². The maximum atomic E-state index is 13.4. The normalized spacial score (nSPS) is 11.8. The fourth-order valence-corrected chi connectivity index (χ4v) is 4.96. The van der Waals surface area contributed by atoms with Gasteiger partial charge in [0.15, 0.2) is 0 Å². The molecule has 0 aliphatic heterocycles. The molecule has 41 heavy (non-hydrogen) atoms. The fraction of sp³-hybridized carbons (Fsp3) is 0.152. The molecule has 1 atom stereocenters. The second-order valence-corrected chi connectivity index (χ2v) is 10.7. The van der Waals surface area contributed by atoms with E-state index in [1.165, 1.54) is 17.3 Å². The predicted molar refractivity (Wildman–Crippen MR) is 166 cm³/mol. The third kappa shape index (κ3) is 8.40. The van der Waals surface area contributed by atoms with Crippen LogP contribution in [0.1, 0.15) is 40.4 Å². The number of hydrogen-bond donors (Lipinski definition) is 3. The number of rotatable bonds is 10. The largest absolute Gasteiger partial charge is 0.325 e. The molecule has 1 unspecified atom stereocenters. The summed E-state index contributed by atoms with van der Waals surface area (Å²) in [5.74, 6) is -0.971. The standard InChI is InChI=1S/C33H32N4O3S/c1-4-30(33(40)36-27-16-15-22(2)23(3)18-27)41-28-14-8-13-26(20-28)35-32(39)29(19-24-10-9-17-34-21-24)37-31(38)25-11-6-5-7-12-25/h5-21,30H,4H2,1-3H3,(H,35,39)(H,36,40)(H,37,38)/b29-19-. The molecule has 0 saturated heterocycles. The molecule has 4 aromatic rings. The highest BCUT2D eigenvalue weighted by molar-refractivity contribution is 8.00. The summed E-state index contributed by atoms with van der Waals surface area (Å²) in [6, 6.07) is 25.4. The first-order chi connectivity index (χ1) is 19.8. The van der Waals surface area contributed by atoms with E-state index in [1.807, 2.05) is 63.2 Å². The summed E-state index contributed by atoms with van der Waals surface area (Å²) in [6.45, 7) is 6.02. The molecule has 7 nitrogen and oxygen atoms in total. The van der Waals surface area contributed by atoms with Crippen LogP contribution in [0.15, 0.2) is 108 Å². The van der Waals surface area contributed by atoms with Crippen LogP contribution in [0, 0.1) is 13.8 Å². The zero-order valence-electron chi connectivity index (χ0n) is 23.2. The lowest BCUT2D eigenvalue weighted by atomic mass is 10.1. The molecule has 0 fully saturated rings. The van der Waals surface area contributed by atoms with Gasteiger partial charge in [0.2, 0.25) is 5.91 Å². The maximum Gasteiger partial charge on any atom is 0.272 e. The Bertz CT molecular complexity index is 1560. The molecule has 3 N–H and O–H groups in total. The van der Waals surface area contributed by atoms with E-state index in [4.69, 9.17) is 0 Å². The van der Waals surface area contributed by atoms with Gasteiger partial charge in [-0.1, -0.05) is 43.3 Å². The number of benzene rings is 3. The van der Waals surface area contributed by atoms with Gasteiger partial charge in [-0.2, -0.15) is 0 Å². The second-order valence-electron chi connectivity index (χ2n) is 9.45. The van der Waals surface area contributed by atoms with Crippen molar-refractivity contribution in [1.29, 1.82) is 0 Å². The van der Waals surface area contributed by atoms with Crippen LogP contribution in [0.3, 0.4) is 0 Å². The lowest BCUT2D eigenvalue weighted by Crippen LogP contribution is -2.30. The summed E-state index contributed by atoms with van der Waals surface area (Å²) in [7, 11) is 0. The van der Waals surface area contributed by atoms with E-state index >= 15 is 0 Å². The van der Waals surface area contributed by atoms with E-state index in [1.54, 1.807) is 60.9 Å². The summed E-state index contributed by atoms with van der Waals surface area (Å²) in [5.41, 5.74) is 4.75. The Morgan fingerprint density at radius 2 is 1.63 bits per heavy atom. The zero-order chi connectivity index (χ0) is 29.2. The van der Waals surface area contributed by atoms with E-state index in [0.29, 0.717) is 23.2 Å². The van der Waals surface area contributed by atoms with Crippen LogP contribution in [-0.4, -0.2) is 28.0 Å². The van der Waals surface area contributed by atoms with Crippen LogP contribution in [0.4, 0.5) is 11.4 Å². The van der Waals surface area contributed by atoms with Gasteiger partial charge in [0.25, 0.3) is 11.8 Å². The van der Waals surface area contributed by atoms with E-state index in [9.17, 15) is 14.4 Å². The van der Waals surface area contributed by atoms with Crippen LogP contribution in [0.5, 0.6) is 0 Å². The van der Waals surface area contributed by atoms with E-state index in [2.05, 4.69) is 20.9 Å². The topological polar surface area (TPSA) is 100 Å². The summed E-state index contributed by atoms with van der Waals surface area (Å²) < 4.78 is 0. The van der Waals surface area contributed by atoms with Gasteiger partial charge in [0.1, 0.15) is 5.70 Å². The quantitative estimate of drug-likeness (QED) is 0.149. The minimum absolute atomic E-state index is 0.0733. The monoisotopic (exact) mass is 564 g/mol. The van der Waals surface area contributed by atoms with Gasteiger partial charge in [0.05, 0.1) is 5.25 Å². The number of amides is 3. The lowest BCUT2D eigenvalue weighted by Gasteiger charge is -2.16. The van der Waals surface area contributed by atoms with Crippen molar-refractivity contribution < 1.29 is 14.4 Å². The van der Waals surface area contributed by atoms with Gasteiger partial charge < -0.3 is 16.0 Å². The molecular formula is C33H32N4O3S. The molecule has 8 heteroatoms. The molecule has 0 aliphatic rings. The second kappa shape index (κ2) is 14.1. The minimum atomic E-state index is -0.486. The molecule has 1 heterocycles. The summed E-state index contributed by atoms with van der Waals surface area (Å²) >= 11 is 1.43. The molecule has 0 spiro atoms. The smallest absolute Gasteiger partial charge is 0.272 e. The Hall–Kier alpha value is -4.69. The molecule has 0 bridgehead atoms. The van der Waals surface area contributed by atoms with E-state index in [0.717, 1.165) is 16.1 Å². The molecular weight excluding hydrogens is 532 g/mol. The highest BCUT2D eigenvalue weighted by atomic mass is 32.2. The van der Waals surface area contributed by atoms with Crippen molar-refractivity contribution in [2.75, 3.05) is 10.6 Å². The van der Waals surface area contributed by atoms with Crippen molar-refractivity contribution in [1.82, 2.24) is 10.3 Å². The van der Waals surface area contributed by atoms with Crippen molar-refractivity contribution in [3.8, 4) is 0 Å². The van der Waals surface area contributed by atoms with E-state index < -0.39 is 11.8 Å². The molecule has 0 radical (unpaired) electrons. The number of nitrogens with one attached hydrogen (secondary N) is 3. The Morgan fingerprint density at radius 1 is 0.854 bits per heavy atom. The molecule has 4 rings (SSSR count). The van der Waals surface area contributed by atoms with Crippen LogP contribution in [0.2, 0.25) is 0 Å². The number of aryl methyl sites for hydroxylation is 2. The van der Waals surface area contributed by atoms with Crippen LogP contribution in [-0.2, 0) is 9.59 Å². The number of pyridine rings is 1. The zero-order valence-corrected chi connectivity index (χ0v) is 24.0. The maximum absolute atomic E-state index is 13.4. The van der Waals surface area contributed by atoms with Gasteiger partial charge in [0, 0.05) is 34.2 Å². The Balaban J connectivity index is 1.48. The SMILES string of the molecule is CCC(Sc1cccc(NC(=O)/C(=C/c2cccnc2)NC(=O)c2ccccc2)c1)C(=O)Nc1ccc(C)c(C)c1. The fourth-order valence-electron chi connectivity index (χ4n) is 3.94. The first-order valence-corrected chi connectivity index (χ1v) is 14.1. The highest BCUT2D eigenvalue weighted by Crippen LogP contribution is 2.29. The Labute approximate surface area is 244 Å². The predicted octanol–water partition coefficient (Wildman–Crippen LogP) is 6.62. The number of carbonyl (C=O) groups is 3. The summed E-state index contributed by atoms with van der Waals surface area (Å²) in [5, 5.41) is 8.29. The van der Waals surface area contributed by atoms with Crippen molar-refractivity contribution in [2.24, 2.45) is 0 Å². The Morgan fingerprint density at radius 3 is 2.34 bits per heavy atom. The Kier molecular flexibility index (Phi) is 10.1. The average Bonchev–Trinajstić information content (AvgIpc) is 2.98. The molecule has 0 aliphatic carbocycles. The number of carbonyl (C=O) groups excluding carboxylic acids is 3. The van der Waals surface area contributed by atoms with Gasteiger partial charge in [-0.05, 0) is 91.6 Å². The van der Waals surface area contributed by atoms with Crippen LogP contribution in [0.25, 0.3) is 6.08 Å². The number of hydrogen-bond acceptors (Lipinski definition) is 5.